The first kappa shape index (κ1) is 48.4. The van der Waals surface area contributed by atoms with E-state index in [1.807, 2.05) is 12.1 Å². The Labute approximate surface area is 491 Å². The standard InChI is InChI=1S/C73H47B2N5Se2/c76-48-49-39-41-50(42-40-49)69-72-61(74-59-35-19-21-37-63(59)79(55-31-15-5-16-32-55)65-43-57(45-67(81-72)70(65)74)77(51-23-7-1-8-24-51)52-25-9-2-10-26-52)47-62-73(69)82-68-46-58(78(53-27-11-3-12-28-53)54-29-13-4-14-30-54)44-66-71(68)75(62)60-36-20-22-38-64(60)80(66)56-33-17-6-18-34-56/h1-47H. The molecule has 0 saturated heterocycles. The van der Waals surface area contributed by atoms with Gasteiger partial charge in [-0.15, -0.1) is 0 Å². The normalized spacial score (nSPS) is 12.9. The number of fused-ring (bicyclic) bond motifs is 8. The van der Waals surface area contributed by atoms with Gasteiger partial charge in [-0.3, -0.25) is 0 Å². The first-order valence-electron chi connectivity index (χ1n) is 27.8. The number of anilines is 12. The van der Waals surface area contributed by atoms with E-state index in [1.165, 1.54) is 78.9 Å². The molecule has 12 aromatic carbocycles. The molecule has 16 rings (SSSR count). The number of benzene rings is 12. The second-order valence-electron chi connectivity index (χ2n) is 21.1. The zero-order chi connectivity index (χ0) is 54.3. The van der Waals surface area contributed by atoms with Crippen molar-refractivity contribution >= 4 is 162 Å². The fourth-order valence-electron chi connectivity index (χ4n) is 13.1. The van der Waals surface area contributed by atoms with Gasteiger partial charge in [0.2, 0.25) is 0 Å². The summed E-state index contributed by atoms with van der Waals surface area (Å²) in [7, 11) is 0. The molecule has 82 heavy (non-hydrogen) atoms. The SMILES string of the molecule is N#Cc1ccc(-c2c3c(cc4c2[Se]c2cc(N(c5ccccc5)c5ccccc5)cc5c2B4c2ccccc2N5c2ccccc2)B2c4ccccc4N(c4ccccc4)c4cc(N(c5ccccc5)c5ccccc5)cc(c42)[Se]3)cc1. The molecule has 0 unspecified atom stereocenters. The molecule has 4 heterocycles. The van der Waals surface area contributed by atoms with Crippen molar-refractivity contribution in [2.24, 2.45) is 0 Å². The maximum absolute atomic E-state index is 10.3. The summed E-state index contributed by atoms with van der Waals surface area (Å²) in [5.41, 5.74) is 24.9. The first-order chi connectivity index (χ1) is 40.7. The van der Waals surface area contributed by atoms with E-state index < -0.39 is 0 Å². The first-order valence-corrected chi connectivity index (χ1v) is 31.2. The minimum absolute atomic E-state index is 0.0640. The van der Waals surface area contributed by atoms with Gasteiger partial charge in [-0.05, 0) is 0 Å². The molecule has 4 aliphatic heterocycles. The summed E-state index contributed by atoms with van der Waals surface area (Å²) in [6.45, 7) is -0.128. The molecule has 0 aliphatic carbocycles. The van der Waals surface area contributed by atoms with Crippen LogP contribution in [0.15, 0.2) is 285 Å². The van der Waals surface area contributed by atoms with Gasteiger partial charge in [0.15, 0.2) is 0 Å². The van der Waals surface area contributed by atoms with E-state index in [0.717, 1.165) is 51.1 Å². The average molecular weight is 1170 g/mol. The third-order valence-electron chi connectivity index (χ3n) is 16.5. The third kappa shape index (κ3) is 7.83. The summed E-state index contributed by atoms with van der Waals surface area (Å²) in [5.74, 6) is 0. The molecule has 9 heteroatoms. The second kappa shape index (κ2) is 19.9. The quantitative estimate of drug-likeness (QED) is 0.135. The van der Waals surface area contributed by atoms with Crippen LogP contribution in [0.4, 0.5) is 68.2 Å². The maximum atomic E-state index is 10.3. The topological polar surface area (TPSA) is 36.8 Å². The summed E-state index contributed by atoms with van der Waals surface area (Å²) in [6, 6.07) is 107. The molecular formula is C73H47B2N5Se2. The van der Waals surface area contributed by atoms with Crippen molar-refractivity contribution in [3.8, 4) is 17.2 Å². The van der Waals surface area contributed by atoms with Crippen LogP contribution in [0.5, 0.6) is 0 Å². The van der Waals surface area contributed by atoms with Gasteiger partial charge in [0.1, 0.15) is 0 Å². The van der Waals surface area contributed by atoms with Crippen molar-refractivity contribution in [3.63, 3.8) is 0 Å². The monoisotopic (exact) mass is 1180 g/mol. The van der Waals surface area contributed by atoms with Crippen LogP contribution >= 0.6 is 0 Å². The van der Waals surface area contributed by atoms with E-state index in [4.69, 9.17) is 0 Å². The summed E-state index contributed by atoms with van der Waals surface area (Å²) in [4.78, 5) is 9.91. The number of hydrogen-bond donors (Lipinski definition) is 0. The molecule has 0 spiro atoms. The van der Waals surface area contributed by atoms with Gasteiger partial charge in [0.25, 0.3) is 0 Å². The van der Waals surface area contributed by atoms with Crippen LogP contribution in [0.1, 0.15) is 5.56 Å². The number of nitriles is 1. The minimum atomic E-state index is -0.173. The van der Waals surface area contributed by atoms with Gasteiger partial charge in [0, 0.05) is 0 Å². The Morgan fingerprint density at radius 3 is 1.06 bits per heavy atom. The van der Waals surface area contributed by atoms with Crippen LogP contribution < -0.4 is 70.2 Å². The van der Waals surface area contributed by atoms with Crippen molar-refractivity contribution in [1.82, 2.24) is 0 Å². The zero-order valence-electron chi connectivity index (χ0n) is 44.3. The third-order valence-corrected chi connectivity index (χ3v) is 21.5. The molecule has 4 aliphatic rings. The Hall–Kier alpha value is -9.50. The Kier molecular flexibility index (Phi) is 11.8. The van der Waals surface area contributed by atoms with E-state index in [1.54, 1.807) is 0 Å². The van der Waals surface area contributed by atoms with Gasteiger partial charge in [0.05, 0.1) is 0 Å². The van der Waals surface area contributed by atoms with Crippen LogP contribution in [-0.4, -0.2) is 43.3 Å². The van der Waals surface area contributed by atoms with E-state index in [2.05, 4.69) is 299 Å². The zero-order valence-corrected chi connectivity index (χ0v) is 47.8. The van der Waals surface area contributed by atoms with Gasteiger partial charge in [-0.1, -0.05) is 0 Å². The molecule has 5 nitrogen and oxygen atoms in total. The molecule has 12 aromatic rings. The van der Waals surface area contributed by atoms with Crippen molar-refractivity contribution in [2.75, 3.05) is 19.6 Å². The predicted octanol–water partition coefficient (Wildman–Crippen LogP) is 10.7. The van der Waals surface area contributed by atoms with Gasteiger partial charge in [-0.2, -0.15) is 0 Å². The van der Waals surface area contributed by atoms with E-state index in [9.17, 15) is 5.26 Å². The Morgan fingerprint density at radius 2 is 0.683 bits per heavy atom. The van der Waals surface area contributed by atoms with Crippen molar-refractivity contribution < 1.29 is 0 Å². The van der Waals surface area contributed by atoms with Gasteiger partial charge >= 0.3 is 495 Å². The molecule has 0 atom stereocenters. The molecule has 0 amide bonds. The molecular weight excluding hydrogens is 1130 g/mol. The molecule has 382 valence electrons. The van der Waals surface area contributed by atoms with Gasteiger partial charge in [-0.25, -0.2) is 0 Å². The van der Waals surface area contributed by atoms with Crippen LogP contribution in [-0.2, 0) is 0 Å². The Bertz CT molecular complexity index is 4150. The van der Waals surface area contributed by atoms with Crippen LogP contribution in [0.3, 0.4) is 0 Å². The Morgan fingerprint density at radius 1 is 0.329 bits per heavy atom. The summed E-state index contributed by atoms with van der Waals surface area (Å²) in [5, 5.41) is 10.3. The predicted molar refractivity (Wildman–Crippen MR) is 348 cm³/mol. The van der Waals surface area contributed by atoms with Crippen molar-refractivity contribution in [2.45, 2.75) is 0 Å². The molecule has 0 fully saturated rings. The number of rotatable bonds is 9. The Balaban J connectivity index is 0.997. The number of hydrogen-bond acceptors (Lipinski definition) is 5. The molecule has 0 radical (unpaired) electrons. The fraction of sp³-hybridized carbons (Fsp3) is 0. The van der Waals surface area contributed by atoms with Crippen molar-refractivity contribution in [1.29, 1.82) is 5.26 Å². The molecule has 0 saturated carbocycles. The molecule has 0 N–H and O–H groups in total. The summed E-state index contributed by atoms with van der Waals surface area (Å²) < 4.78 is 5.57. The van der Waals surface area contributed by atoms with Crippen LogP contribution in [0, 0.1) is 11.3 Å². The average Bonchev–Trinajstić information content (AvgIpc) is 3.59. The second-order valence-corrected chi connectivity index (χ2v) is 25.5. The summed E-state index contributed by atoms with van der Waals surface area (Å²) in [6.07, 6.45) is 0. The van der Waals surface area contributed by atoms with E-state index in [0.29, 0.717) is 5.56 Å². The molecule has 0 aromatic heterocycles. The van der Waals surface area contributed by atoms with Crippen molar-refractivity contribution in [3.05, 3.63) is 291 Å². The molecule has 0 bridgehead atoms. The number of para-hydroxylation sites is 8. The van der Waals surface area contributed by atoms with Crippen LogP contribution in [0.2, 0.25) is 0 Å². The van der Waals surface area contributed by atoms with Gasteiger partial charge < -0.3 is 0 Å². The summed E-state index contributed by atoms with van der Waals surface area (Å²) >= 11 is -0.347. The number of nitrogens with zero attached hydrogens (tertiary/aromatic N) is 5. The fourth-order valence-corrected chi connectivity index (χ4v) is 19.1. The van der Waals surface area contributed by atoms with E-state index >= 15 is 0 Å². The van der Waals surface area contributed by atoms with E-state index in [-0.39, 0.29) is 43.3 Å². The van der Waals surface area contributed by atoms with Crippen LogP contribution in [0.25, 0.3) is 11.1 Å².